The lowest BCUT2D eigenvalue weighted by atomic mass is 10.1. The first kappa shape index (κ1) is 15.5. The molecule has 6 nitrogen and oxygen atoms in total. The molecule has 8 heteroatoms. The van der Waals surface area contributed by atoms with Gasteiger partial charge in [-0.2, -0.15) is 0 Å². The normalized spacial score (nSPS) is 16.6. The van der Waals surface area contributed by atoms with Gasteiger partial charge in [-0.3, -0.25) is 9.59 Å². The molecule has 23 heavy (non-hydrogen) atoms. The third kappa shape index (κ3) is 3.35. The minimum atomic E-state index is -0.758. The van der Waals surface area contributed by atoms with E-state index in [0.29, 0.717) is 22.2 Å². The summed E-state index contributed by atoms with van der Waals surface area (Å²) >= 11 is 7.26. The molecule has 3 N–H and O–H groups in total. The highest BCUT2D eigenvalue weighted by atomic mass is 35.5. The fourth-order valence-corrected chi connectivity index (χ4v) is 3.19. The van der Waals surface area contributed by atoms with Crippen LogP contribution < -0.4 is 11.1 Å². The Hall–Kier alpha value is -2.38. The molecule has 0 saturated carbocycles. The van der Waals surface area contributed by atoms with Gasteiger partial charge >= 0.3 is 0 Å². The van der Waals surface area contributed by atoms with Gasteiger partial charge in [-0.15, -0.1) is 11.3 Å². The maximum atomic E-state index is 12.3. The van der Waals surface area contributed by atoms with Gasteiger partial charge in [-0.1, -0.05) is 28.9 Å². The summed E-state index contributed by atoms with van der Waals surface area (Å²) in [6, 6.07) is 10.1. The van der Waals surface area contributed by atoms with E-state index in [9.17, 15) is 9.59 Å². The van der Waals surface area contributed by atoms with Crippen molar-refractivity contribution in [2.75, 3.05) is 5.32 Å². The number of hydrogen-bond acceptors (Lipinski definition) is 5. The summed E-state index contributed by atoms with van der Waals surface area (Å²) < 4.78 is 0.644. The van der Waals surface area contributed by atoms with Gasteiger partial charge in [0.1, 0.15) is 5.71 Å². The lowest BCUT2D eigenvalue weighted by molar-refractivity contribution is -0.125. The van der Waals surface area contributed by atoms with Gasteiger partial charge < -0.3 is 15.9 Å². The zero-order valence-electron chi connectivity index (χ0n) is 11.8. The average molecular weight is 350 g/mol. The highest BCUT2D eigenvalue weighted by molar-refractivity contribution is 7.18. The number of oxime groups is 1. The number of benzene rings is 1. The molecular weight excluding hydrogens is 338 g/mol. The monoisotopic (exact) mass is 349 g/mol. The Kier molecular flexibility index (Phi) is 4.31. The highest BCUT2D eigenvalue weighted by Crippen LogP contribution is 2.27. The van der Waals surface area contributed by atoms with Crippen LogP contribution in [0.4, 0.5) is 5.69 Å². The van der Waals surface area contributed by atoms with Crippen molar-refractivity contribution in [3.05, 3.63) is 51.2 Å². The number of amides is 2. The number of nitrogens with one attached hydrogen (secondary N) is 1. The number of primary amides is 1. The summed E-state index contributed by atoms with van der Waals surface area (Å²) in [7, 11) is 0. The standard InChI is InChI=1S/C15H12ClN3O3S/c16-13-6-5-12(23-13)10-7-11(22-19-10)15(21)18-9-4-2-1-3-8(9)14(17)20/h1-6,11H,7H2,(H2,17,20)(H,18,21)/t11-/m1/s1. The Morgan fingerprint density at radius 1 is 1.30 bits per heavy atom. The molecule has 3 rings (SSSR count). The minimum Gasteiger partial charge on any atom is -0.382 e. The molecule has 2 amide bonds. The minimum absolute atomic E-state index is 0.241. The third-order valence-electron chi connectivity index (χ3n) is 3.27. The summed E-state index contributed by atoms with van der Waals surface area (Å²) in [4.78, 5) is 29.7. The van der Waals surface area contributed by atoms with Crippen LogP contribution >= 0.6 is 22.9 Å². The maximum Gasteiger partial charge on any atom is 0.268 e. The number of rotatable bonds is 4. The first-order chi connectivity index (χ1) is 11.0. The first-order valence-electron chi connectivity index (χ1n) is 6.72. The number of nitrogens with two attached hydrogens (primary N) is 1. The number of nitrogens with zero attached hydrogens (tertiary/aromatic N) is 1. The predicted molar refractivity (Wildman–Crippen MR) is 88.9 cm³/mol. The van der Waals surface area contributed by atoms with Gasteiger partial charge in [0.05, 0.1) is 20.5 Å². The Bertz CT molecular complexity index is 803. The Labute approximate surface area is 140 Å². The quantitative estimate of drug-likeness (QED) is 0.888. The SMILES string of the molecule is NC(=O)c1ccccc1NC(=O)[C@H]1CC(c2ccc(Cl)s2)=NO1. The fraction of sp³-hybridized carbons (Fsp3) is 0.133. The molecule has 0 saturated heterocycles. The molecule has 0 bridgehead atoms. The number of carbonyl (C=O) groups excluding carboxylic acids is 2. The third-order valence-corrected chi connectivity index (χ3v) is 4.55. The first-order valence-corrected chi connectivity index (χ1v) is 7.92. The number of para-hydroxylation sites is 1. The van der Waals surface area contributed by atoms with Crippen molar-refractivity contribution in [3.8, 4) is 0 Å². The van der Waals surface area contributed by atoms with Crippen molar-refractivity contribution in [1.82, 2.24) is 0 Å². The highest BCUT2D eigenvalue weighted by Gasteiger charge is 2.30. The van der Waals surface area contributed by atoms with Crippen molar-refractivity contribution >= 4 is 46.2 Å². The average Bonchev–Trinajstić information content (AvgIpc) is 3.16. The van der Waals surface area contributed by atoms with Crippen molar-refractivity contribution in [2.45, 2.75) is 12.5 Å². The van der Waals surface area contributed by atoms with E-state index < -0.39 is 12.0 Å². The summed E-state index contributed by atoms with van der Waals surface area (Å²) in [6.07, 6.45) is -0.423. The topological polar surface area (TPSA) is 93.8 Å². The lowest BCUT2D eigenvalue weighted by Crippen LogP contribution is -2.29. The van der Waals surface area contributed by atoms with Crippen LogP contribution in [0.5, 0.6) is 0 Å². The molecule has 0 spiro atoms. The van der Waals surface area contributed by atoms with Gasteiger partial charge in [0.25, 0.3) is 11.8 Å². The van der Waals surface area contributed by atoms with Crippen molar-refractivity contribution < 1.29 is 14.4 Å². The summed E-state index contributed by atoms with van der Waals surface area (Å²) in [6.45, 7) is 0. The molecule has 1 aliphatic heterocycles. The van der Waals surface area contributed by atoms with Crippen LogP contribution in [0.15, 0.2) is 41.6 Å². The molecule has 1 aromatic carbocycles. The Morgan fingerprint density at radius 3 is 2.78 bits per heavy atom. The van der Waals surface area contributed by atoms with E-state index in [-0.39, 0.29) is 11.5 Å². The molecule has 118 valence electrons. The Balaban J connectivity index is 1.68. The summed E-state index contributed by atoms with van der Waals surface area (Å²) in [5.41, 5.74) is 6.55. The molecule has 2 heterocycles. The van der Waals surface area contributed by atoms with Gasteiger partial charge in [0.15, 0.2) is 0 Å². The fourth-order valence-electron chi connectivity index (χ4n) is 2.15. The molecule has 0 radical (unpaired) electrons. The predicted octanol–water partition coefficient (Wildman–Crippen LogP) is 2.63. The number of carbonyl (C=O) groups is 2. The van der Waals surface area contributed by atoms with Crippen molar-refractivity contribution in [1.29, 1.82) is 0 Å². The maximum absolute atomic E-state index is 12.3. The van der Waals surface area contributed by atoms with E-state index in [1.165, 1.54) is 11.3 Å². The second-order valence-electron chi connectivity index (χ2n) is 4.84. The van der Waals surface area contributed by atoms with Gasteiger partial charge in [0, 0.05) is 6.42 Å². The summed E-state index contributed by atoms with van der Waals surface area (Å²) in [5.74, 6) is -1.00. The van der Waals surface area contributed by atoms with Gasteiger partial charge in [-0.05, 0) is 24.3 Å². The van der Waals surface area contributed by atoms with Gasteiger partial charge in [-0.25, -0.2) is 0 Å². The molecule has 0 aliphatic carbocycles. The van der Waals surface area contributed by atoms with E-state index in [1.54, 1.807) is 30.3 Å². The van der Waals surface area contributed by atoms with E-state index >= 15 is 0 Å². The van der Waals surface area contributed by atoms with Crippen LogP contribution in [0.2, 0.25) is 4.34 Å². The van der Waals surface area contributed by atoms with Crippen LogP contribution in [-0.4, -0.2) is 23.6 Å². The molecule has 0 unspecified atom stereocenters. The van der Waals surface area contributed by atoms with Crippen LogP contribution in [0.3, 0.4) is 0 Å². The zero-order chi connectivity index (χ0) is 16.4. The van der Waals surface area contributed by atoms with Crippen LogP contribution in [0, 0.1) is 0 Å². The lowest BCUT2D eigenvalue weighted by Gasteiger charge is -2.11. The van der Waals surface area contributed by atoms with E-state index in [2.05, 4.69) is 10.5 Å². The number of halogens is 1. The van der Waals surface area contributed by atoms with E-state index in [4.69, 9.17) is 22.2 Å². The van der Waals surface area contributed by atoms with Crippen molar-refractivity contribution in [2.24, 2.45) is 10.9 Å². The van der Waals surface area contributed by atoms with Crippen LogP contribution in [0.1, 0.15) is 21.7 Å². The zero-order valence-corrected chi connectivity index (χ0v) is 13.4. The van der Waals surface area contributed by atoms with Crippen molar-refractivity contribution in [3.63, 3.8) is 0 Å². The molecule has 1 aliphatic rings. The molecule has 1 atom stereocenters. The molecular formula is C15H12ClN3O3S. The largest absolute Gasteiger partial charge is 0.382 e. The van der Waals surface area contributed by atoms with E-state index in [0.717, 1.165) is 4.88 Å². The smallest absolute Gasteiger partial charge is 0.268 e. The molecule has 2 aromatic rings. The second kappa shape index (κ2) is 6.39. The summed E-state index contributed by atoms with van der Waals surface area (Å²) in [5, 5.41) is 6.59. The number of hydrogen-bond donors (Lipinski definition) is 2. The Morgan fingerprint density at radius 2 is 2.09 bits per heavy atom. The van der Waals surface area contributed by atoms with Gasteiger partial charge in [0.2, 0.25) is 6.10 Å². The molecule has 1 aromatic heterocycles. The van der Waals surface area contributed by atoms with E-state index in [1.807, 2.05) is 6.07 Å². The van der Waals surface area contributed by atoms with Crippen LogP contribution in [0.25, 0.3) is 0 Å². The number of thiophene rings is 1. The second-order valence-corrected chi connectivity index (χ2v) is 6.55. The molecule has 0 fully saturated rings. The van der Waals surface area contributed by atoms with Crippen LogP contribution in [-0.2, 0) is 9.63 Å². The number of anilines is 1.